The van der Waals surface area contributed by atoms with Gasteiger partial charge in [-0.2, -0.15) is 0 Å². The van der Waals surface area contributed by atoms with E-state index < -0.39 is 0 Å². The van der Waals surface area contributed by atoms with E-state index in [0.29, 0.717) is 18.4 Å². The maximum absolute atomic E-state index is 12.3. The van der Waals surface area contributed by atoms with Crippen LogP contribution in [0.1, 0.15) is 30.9 Å². The third-order valence-corrected chi connectivity index (χ3v) is 3.73. The number of carbonyl (C=O) groups is 1. The van der Waals surface area contributed by atoms with Crippen LogP contribution in [0.15, 0.2) is 24.3 Å². The predicted octanol–water partition coefficient (Wildman–Crippen LogP) is 2.14. The van der Waals surface area contributed by atoms with Crippen molar-refractivity contribution in [3.63, 3.8) is 0 Å². The molecule has 104 valence electrons. The van der Waals surface area contributed by atoms with Gasteiger partial charge in [0.05, 0.1) is 6.04 Å². The average molecular weight is 260 g/mol. The molecule has 0 unspecified atom stereocenters. The number of carbonyl (C=O) groups excluding carboxylic acids is 1. The van der Waals surface area contributed by atoms with E-state index in [-0.39, 0.29) is 0 Å². The SMILES string of the molecule is CCCN(C(=O)CCc1ccc(C)cc1)C1CNC1. The molecule has 1 fully saturated rings. The summed E-state index contributed by atoms with van der Waals surface area (Å²) in [6.45, 7) is 7.01. The van der Waals surface area contributed by atoms with Crippen LogP contribution in [0.5, 0.6) is 0 Å². The van der Waals surface area contributed by atoms with Gasteiger partial charge in [0, 0.05) is 26.1 Å². The van der Waals surface area contributed by atoms with Crippen LogP contribution in [0, 0.1) is 6.92 Å². The van der Waals surface area contributed by atoms with Crippen molar-refractivity contribution in [2.45, 2.75) is 39.2 Å². The molecule has 1 aromatic rings. The zero-order valence-electron chi connectivity index (χ0n) is 12.0. The lowest BCUT2D eigenvalue weighted by Crippen LogP contribution is -2.59. The fraction of sp³-hybridized carbons (Fsp3) is 0.562. The molecular formula is C16H24N2O. The summed E-state index contributed by atoms with van der Waals surface area (Å²) >= 11 is 0. The van der Waals surface area contributed by atoms with Gasteiger partial charge in [-0.05, 0) is 25.3 Å². The predicted molar refractivity (Wildman–Crippen MR) is 78.2 cm³/mol. The van der Waals surface area contributed by atoms with Crippen molar-refractivity contribution in [1.29, 1.82) is 0 Å². The zero-order chi connectivity index (χ0) is 13.7. The minimum atomic E-state index is 0.300. The smallest absolute Gasteiger partial charge is 0.223 e. The van der Waals surface area contributed by atoms with Crippen LogP contribution in [-0.4, -0.2) is 36.5 Å². The molecule has 1 amide bonds. The summed E-state index contributed by atoms with van der Waals surface area (Å²) in [6.07, 6.45) is 2.51. The Morgan fingerprint density at radius 3 is 2.53 bits per heavy atom. The summed E-state index contributed by atoms with van der Waals surface area (Å²) in [5, 5.41) is 3.24. The Kier molecular flexibility index (Phi) is 4.97. The van der Waals surface area contributed by atoms with E-state index in [4.69, 9.17) is 0 Å². The highest BCUT2D eigenvalue weighted by atomic mass is 16.2. The molecule has 3 heteroatoms. The molecule has 1 aromatic carbocycles. The molecule has 1 heterocycles. The van der Waals surface area contributed by atoms with Crippen LogP contribution in [0.2, 0.25) is 0 Å². The standard InChI is InChI=1S/C16H24N2O/c1-3-10-18(15-11-17-12-15)16(19)9-8-14-6-4-13(2)5-7-14/h4-7,15,17H,3,8-12H2,1-2H3. The second-order valence-electron chi connectivity index (χ2n) is 5.38. The lowest BCUT2D eigenvalue weighted by Gasteiger charge is -2.38. The Balaban J connectivity index is 1.86. The van der Waals surface area contributed by atoms with E-state index in [1.54, 1.807) is 0 Å². The first kappa shape index (κ1) is 14.1. The van der Waals surface area contributed by atoms with Gasteiger partial charge in [-0.1, -0.05) is 36.8 Å². The van der Waals surface area contributed by atoms with Crippen LogP contribution in [-0.2, 0) is 11.2 Å². The molecule has 0 saturated carbocycles. The zero-order valence-corrected chi connectivity index (χ0v) is 12.0. The van der Waals surface area contributed by atoms with E-state index in [2.05, 4.69) is 48.3 Å². The average Bonchev–Trinajstić information content (AvgIpc) is 2.35. The molecule has 1 saturated heterocycles. The topological polar surface area (TPSA) is 32.3 Å². The highest BCUT2D eigenvalue weighted by molar-refractivity contribution is 5.77. The maximum atomic E-state index is 12.3. The van der Waals surface area contributed by atoms with E-state index in [0.717, 1.165) is 32.5 Å². The van der Waals surface area contributed by atoms with Crippen molar-refractivity contribution < 1.29 is 4.79 Å². The number of nitrogens with one attached hydrogen (secondary N) is 1. The Morgan fingerprint density at radius 1 is 1.32 bits per heavy atom. The lowest BCUT2D eigenvalue weighted by molar-refractivity contribution is -0.134. The van der Waals surface area contributed by atoms with Gasteiger partial charge >= 0.3 is 0 Å². The minimum absolute atomic E-state index is 0.300. The second-order valence-corrected chi connectivity index (χ2v) is 5.38. The minimum Gasteiger partial charge on any atom is -0.337 e. The molecular weight excluding hydrogens is 236 g/mol. The number of nitrogens with zero attached hydrogens (tertiary/aromatic N) is 1. The monoisotopic (exact) mass is 260 g/mol. The quantitative estimate of drug-likeness (QED) is 0.850. The first-order chi connectivity index (χ1) is 9.20. The molecule has 0 bridgehead atoms. The number of hydrogen-bond acceptors (Lipinski definition) is 2. The van der Waals surface area contributed by atoms with Gasteiger partial charge in [0.25, 0.3) is 0 Å². The van der Waals surface area contributed by atoms with E-state index in [1.165, 1.54) is 11.1 Å². The van der Waals surface area contributed by atoms with Gasteiger partial charge < -0.3 is 10.2 Å². The van der Waals surface area contributed by atoms with Gasteiger partial charge in [0.2, 0.25) is 5.91 Å². The van der Waals surface area contributed by atoms with Crippen LogP contribution in [0.4, 0.5) is 0 Å². The molecule has 1 N–H and O–H groups in total. The highest BCUT2D eigenvalue weighted by Gasteiger charge is 2.27. The Bertz CT molecular complexity index is 409. The maximum Gasteiger partial charge on any atom is 0.223 e. The van der Waals surface area contributed by atoms with Crippen molar-refractivity contribution in [1.82, 2.24) is 10.2 Å². The molecule has 0 spiro atoms. The third kappa shape index (κ3) is 3.80. The van der Waals surface area contributed by atoms with Crippen molar-refractivity contribution in [3.8, 4) is 0 Å². The summed E-state index contributed by atoms with van der Waals surface area (Å²) in [5.74, 6) is 0.300. The van der Waals surface area contributed by atoms with E-state index in [9.17, 15) is 4.79 Å². The van der Waals surface area contributed by atoms with Gasteiger partial charge in [-0.3, -0.25) is 4.79 Å². The van der Waals surface area contributed by atoms with Gasteiger partial charge in [-0.25, -0.2) is 0 Å². The fourth-order valence-electron chi connectivity index (χ4n) is 2.40. The molecule has 19 heavy (non-hydrogen) atoms. The van der Waals surface area contributed by atoms with Gasteiger partial charge in [0.1, 0.15) is 0 Å². The van der Waals surface area contributed by atoms with Gasteiger partial charge in [0.15, 0.2) is 0 Å². The summed E-state index contributed by atoms with van der Waals surface area (Å²) in [7, 11) is 0. The Morgan fingerprint density at radius 2 is 2.00 bits per heavy atom. The molecule has 2 rings (SSSR count). The van der Waals surface area contributed by atoms with Crippen molar-refractivity contribution in [3.05, 3.63) is 35.4 Å². The number of benzene rings is 1. The van der Waals surface area contributed by atoms with E-state index in [1.807, 2.05) is 0 Å². The molecule has 0 aliphatic carbocycles. The Labute approximate surface area is 116 Å². The van der Waals surface area contributed by atoms with Crippen LogP contribution in [0.25, 0.3) is 0 Å². The van der Waals surface area contributed by atoms with Crippen LogP contribution >= 0.6 is 0 Å². The largest absolute Gasteiger partial charge is 0.337 e. The van der Waals surface area contributed by atoms with Crippen LogP contribution in [0.3, 0.4) is 0 Å². The van der Waals surface area contributed by atoms with Crippen molar-refractivity contribution in [2.24, 2.45) is 0 Å². The number of rotatable bonds is 6. The number of amides is 1. The molecule has 0 atom stereocenters. The number of aryl methyl sites for hydroxylation is 2. The van der Waals surface area contributed by atoms with Crippen LogP contribution < -0.4 is 5.32 Å². The lowest BCUT2D eigenvalue weighted by atomic mass is 10.1. The second kappa shape index (κ2) is 6.71. The third-order valence-electron chi connectivity index (χ3n) is 3.73. The fourth-order valence-corrected chi connectivity index (χ4v) is 2.40. The van der Waals surface area contributed by atoms with Crippen molar-refractivity contribution >= 4 is 5.91 Å². The molecule has 0 radical (unpaired) electrons. The normalized spacial score (nSPS) is 15.1. The van der Waals surface area contributed by atoms with Crippen molar-refractivity contribution in [2.75, 3.05) is 19.6 Å². The molecule has 0 aromatic heterocycles. The highest BCUT2D eigenvalue weighted by Crippen LogP contribution is 2.11. The summed E-state index contributed by atoms with van der Waals surface area (Å²) in [5.41, 5.74) is 2.52. The van der Waals surface area contributed by atoms with E-state index >= 15 is 0 Å². The number of hydrogen-bond donors (Lipinski definition) is 1. The first-order valence-electron chi connectivity index (χ1n) is 7.26. The summed E-state index contributed by atoms with van der Waals surface area (Å²) < 4.78 is 0. The Hall–Kier alpha value is -1.35. The van der Waals surface area contributed by atoms with Gasteiger partial charge in [-0.15, -0.1) is 0 Å². The molecule has 3 nitrogen and oxygen atoms in total. The first-order valence-corrected chi connectivity index (χ1v) is 7.26. The molecule has 1 aliphatic rings. The molecule has 1 aliphatic heterocycles. The summed E-state index contributed by atoms with van der Waals surface area (Å²) in [4.78, 5) is 14.4. The summed E-state index contributed by atoms with van der Waals surface area (Å²) in [6, 6.07) is 8.89.